The molecular formula is C17H22N2O6S. The molecule has 8 nitrogen and oxygen atoms in total. The quantitative estimate of drug-likeness (QED) is 0.688. The van der Waals surface area contributed by atoms with Gasteiger partial charge in [-0.2, -0.15) is 0 Å². The fraction of sp³-hybridized carbons (Fsp3) is 0.529. The first-order valence-corrected chi connectivity index (χ1v) is 10.3. The van der Waals surface area contributed by atoms with Crippen molar-refractivity contribution in [1.82, 2.24) is 9.80 Å². The number of hydrogen-bond acceptors (Lipinski definition) is 7. The van der Waals surface area contributed by atoms with Crippen molar-refractivity contribution >= 4 is 21.5 Å². The van der Waals surface area contributed by atoms with Crippen molar-refractivity contribution < 1.29 is 27.9 Å². The van der Waals surface area contributed by atoms with Gasteiger partial charge in [-0.3, -0.25) is 14.5 Å². The molecule has 1 aromatic rings. The van der Waals surface area contributed by atoms with E-state index in [0.717, 1.165) is 5.56 Å². The Morgan fingerprint density at radius 1 is 1.15 bits per heavy atom. The minimum atomic E-state index is -2.97. The molecule has 142 valence electrons. The van der Waals surface area contributed by atoms with Crippen LogP contribution in [0.2, 0.25) is 0 Å². The number of amides is 1. The van der Waals surface area contributed by atoms with Crippen molar-refractivity contribution in [2.24, 2.45) is 0 Å². The van der Waals surface area contributed by atoms with Crippen LogP contribution < -0.4 is 4.74 Å². The van der Waals surface area contributed by atoms with Crippen molar-refractivity contribution in [2.45, 2.75) is 6.54 Å². The van der Waals surface area contributed by atoms with Crippen molar-refractivity contribution in [3.05, 3.63) is 29.3 Å². The van der Waals surface area contributed by atoms with Gasteiger partial charge in [-0.15, -0.1) is 0 Å². The highest BCUT2D eigenvalue weighted by atomic mass is 32.2. The molecule has 2 aliphatic rings. The Balaban J connectivity index is 1.65. The monoisotopic (exact) mass is 382 g/mol. The number of ketones is 1. The van der Waals surface area contributed by atoms with Gasteiger partial charge in [0.2, 0.25) is 5.91 Å². The van der Waals surface area contributed by atoms with E-state index in [0.29, 0.717) is 44.1 Å². The number of nitrogens with zero attached hydrogens (tertiary/aromatic N) is 2. The maximum absolute atomic E-state index is 12.6. The summed E-state index contributed by atoms with van der Waals surface area (Å²) in [4.78, 5) is 27.8. The Labute approximate surface area is 152 Å². The standard InChI is InChI=1S/C17H22N2O6S/c20-12-15(21)13-1-2-14-10-19(3-6-25-16(14)9-13)17(22)11-18-4-7-26(23,24)8-5-18/h1-2,9,20H,3-8,10-12H2. The van der Waals surface area contributed by atoms with E-state index < -0.39 is 16.4 Å². The maximum atomic E-state index is 12.6. The largest absolute Gasteiger partial charge is 0.491 e. The van der Waals surface area contributed by atoms with Gasteiger partial charge in [0.25, 0.3) is 0 Å². The third-order valence-electron chi connectivity index (χ3n) is 4.66. The smallest absolute Gasteiger partial charge is 0.237 e. The number of benzene rings is 1. The molecule has 0 unspecified atom stereocenters. The summed E-state index contributed by atoms with van der Waals surface area (Å²) < 4.78 is 28.6. The number of ether oxygens (including phenoxy) is 1. The summed E-state index contributed by atoms with van der Waals surface area (Å²) in [5, 5.41) is 8.97. The Kier molecular flexibility index (Phi) is 5.59. The SMILES string of the molecule is O=C(CO)c1ccc2c(c1)OCCN(C(=O)CN1CCS(=O)(=O)CC1)C2. The average Bonchev–Trinajstić information content (AvgIpc) is 2.84. The highest BCUT2D eigenvalue weighted by Gasteiger charge is 2.26. The molecule has 2 aliphatic heterocycles. The van der Waals surface area contributed by atoms with E-state index in [9.17, 15) is 18.0 Å². The van der Waals surface area contributed by atoms with Gasteiger partial charge in [0, 0.05) is 30.8 Å². The highest BCUT2D eigenvalue weighted by molar-refractivity contribution is 7.91. The third kappa shape index (κ3) is 4.40. The van der Waals surface area contributed by atoms with E-state index in [1.165, 1.54) is 0 Å². The van der Waals surface area contributed by atoms with Crippen LogP contribution in [0, 0.1) is 0 Å². The lowest BCUT2D eigenvalue weighted by molar-refractivity contribution is -0.133. The van der Waals surface area contributed by atoms with Crippen molar-refractivity contribution in [3.8, 4) is 5.75 Å². The van der Waals surface area contributed by atoms with Gasteiger partial charge in [-0.25, -0.2) is 8.42 Å². The molecule has 9 heteroatoms. The lowest BCUT2D eigenvalue weighted by Gasteiger charge is -2.28. The third-order valence-corrected chi connectivity index (χ3v) is 6.27. The molecule has 0 spiro atoms. The molecule has 2 heterocycles. The number of carbonyl (C=O) groups is 2. The van der Waals surface area contributed by atoms with Crippen molar-refractivity contribution in [2.75, 3.05) is 50.9 Å². The summed E-state index contributed by atoms with van der Waals surface area (Å²) in [6.07, 6.45) is 0. The molecule has 1 aromatic carbocycles. The van der Waals surface area contributed by atoms with Crippen LogP contribution in [0.1, 0.15) is 15.9 Å². The van der Waals surface area contributed by atoms with Crippen LogP contribution in [-0.4, -0.2) is 85.9 Å². The molecule has 1 N–H and O–H groups in total. The first kappa shape index (κ1) is 18.8. The summed E-state index contributed by atoms with van der Waals surface area (Å²) in [7, 11) is -2.97. The molecule has 0 aliphatic carbocycles. The molecule has 0 saturated carbocycles. The molecule has 0 atom stereocenters. The normalized spacial score (nSPS) is 20.0. The molecule has 1 amide bonds. The second-order valence-electron chi connectivity index (χ2n) is 6.50. The summed E-state index contributed by atoms with van der Waals surface area (Å²) in [6.45, 7) is 1.48. The van der Waals surface area contributed by atoms with Crippen molar-refractivity contribution in [3.63, 3.8) is 0 Å². The summed E-state index contributed by atoms with van der Waals surface area (Å²) in [6, 6.07) is 4.94. The summed E-state index contributed by atoms with van der Waals surface area (Å²) >= 11 is 0. The van der Waals surface area contributed by atoms with E-state index in [1.54, 1.807) is 23.1 Å². The van der Waals surface area contributed by atoms with Crippen LogP contribution in [-0.2, 0) is 21.2 Å². The lowest BCUT2D eigenvalue weighted by atomic mass is 10.1. The zero-order chi connectivity index (χ0) is 18.7. The highest BCUT2D eigenvalue weighted by Crippen LogP contribution is 2.25. The maximum Gasteiger partial charge on any atom is 0.237 e. The van der Waals surface area contributed by atoms with Crippen LogP contribution in [0.3, 0.4) is 0 Å². The zero-order valence-electron chi connectivity index (χ0n) is 14.4. The molecule has 1 fully saturated rings. The fourth-order valence-electron chi connectivity index (χ4n) is 3.05. The summed E-state index contributed by atoms with van der Waals surface area (Å²) in [5.74, 6) is 0.274. The molecule has 26 heavy (non-hydrogen) atoms. The number of aliphatic hydroxyl groups is 1. The minimum Gasteiger partial charge on any atom is -0.491 e. The van der Waals surface area contributed by atoms with Gasteiger partial charge in [0.15, 0.2) is 15.6 Å². The number of hydrogen-bond donors (Lipinski definition) is 1. The van der Waals surface area contributed by atoms with Gasteiger partial charge >= 0.3 is 0 Å². The molecule has 1 saturated heterocycles. The lowest BCUT2D eigenvalue weighted by Crippen LogP contribution is -2.46. The number of carbonyl (C=O) groups excluding carboxylic acids is 2. The second-order valence-corrected chi connectivity index (χ2v) is 8.80. The first-order valence-electron chi connectivity index (χ1n) is 8.48. The number of Topliss-reactive ketones (excluding diaryl/α,β-unsaturated/α-hetero) is 1. The van der Waals surface area contributed by atoms with E-state index in [1.807, 2.05) is 4.90 Å². The molecule has 3 rings (SSSR count). The topological polar surface area (TPSA) is 104 Å². The number of rotatable bonds is 4. The number of fused-ring (bicyclic) bond motifs is 1. The van der Waals surface area contributed by atoms with Gasteiger partial charge in [0.1, 0.15) is 19.0 Å². The fourth-order valence-corrected chi connectivity index (χ4v) is 4.32. The van der Waals surface area contributed by atoms with Crippen LogP contribution in [0.15, 0.2) is 18.2 Å². The predicted molar refractivity (Wildman–Crippen MR) is 93.9 cm³/mol. The van der Waals surface area contributed by atoms with E-state index >= 15 is 0 Å². The number of aliphatic hydroxyl groups excluding tert-OH is 1. The molecule has 0 radical (unpaired) electrons. The van der Waals surface area contributed by atoms with Crippen molar-refractivity contribution in [1.29, 1.82) is 0 Å². The van der Waals surface area contributed by atoms with Gasteiger partial charge < -0.3 is 14.7 Å². The Morgan fingerprint density at radius 3 is 2.58 bits per heavy atom. The van der Waals surface area contributed by atoms with E-state index in [-0.39, 0.29) is 29.7 Å². The van der Waals surface area contributed by atoms with E-state index in [2.05, 4.69) is 0 Å². The van der Waals surface area contributed by atoms with Gasteiger partial charge in [-0.05, 0) is 6.07 Å². The molecular weight excluding hydrogens is 360 g/mol. The predicted octanol–water partition coefficient (Wildman–Crippen LogP) is -0.687. The Hall–Kier alpha value is -1.97. The van der Waals surface area contributed by atoms with E-state index in [4.69, 9.17) is 9.84 Å². The van der Waals surface area contributed by atoms with Crippen LogP contribution in [0.5, 0.6) is 5.75 Å². The number of sulfone groups is 1. The van der Waals surface area contributed by atoms with Gasteiger partial charge in [-0.1, -0.05) is 12.1 Å². The van der Waals surface area contributed by atoms with Crippen LogP contribution >= 0.6 is 0 Å². The van der Waals surface area contributed by atoms with Crippen LogP contribution in [0.25, 0.3) is 0 Å². The van der Waals surface area contributed by atoms with Gasteiger partial charge in [0.05, 0.1) is 24.6 Å². The zero-order valence-corrected chi connectivity index (χ0v) is 15.2. The Bertz CT molecular complexity index is 793. The molecule has 0 aromatic heterocycles. The van der Waals surface area contributed by atoms with Crippen LogP contribution in [0.4, 0.5) is 0 Å². The Morgan fingerprint density at radius 2 is 1.88 bits per heavy atom. The molecule has 0 bridgehead atoms. The minimum absolute atomic E-state index is 0.0729. The summed E-state index contributed by atoms with van der Waals surface area (Å²) in [5.41, 5.74) is 1.17. The first-order chi connectivity index (χ1) is 12.4. The average molecular weight is 382 g/mol. The second kappa shape index (κ2) is 7.73.